The third kappa shape index (κ3) is 6.19. The zero-order valence-corrected chi connectivity index (χ0v) is 23.6. The number of hydrogen-bond acceptors (Lipinski definition) is 5. The van der Waals surface area contributed by atoms with E-state index in [0.717, 1.165) is 52.9 Å². The Balaban J connectivity index is 1.44. The van der Waals surface area contributed by atoms with Crippen LogP contribution in [-0.2, 0) is 11.0 Å². The Labute approximate surface area is 235 Å². The van der Waals surface area contributed by atoms with Gasteiger partial charge in [0, 0.05) is 24.7 Å². The average molecular weight is 575 g/mol. The lowest BCUT2D eigenvalue weighted by Crippen LogP contribution is -2.43. The summed E-state index contributed by atoms with van der Waals surface area (Å²) >= 11 is 6.32. The molecule has 0 aliphatic heterocycles. The minimum atomic E-state index is -4.52. The lowest BCUT2D eigenvalue weighted by atomic mass is 9.88. The van der Waals surface area contributed by atoms with E-state index in [9.17, 15) is 22.8 Å². The van der Waals surface area contributed by atoms with Gasteiger partial charge in [-0.05, 0) is 55.5 Å². The van der Waals surface area contributed by atoms with Crippen LogP contribution in [0.25, 0.3) is 11.4 Å². The Hall–Kier alpha value is -3.73. The molecule has 0 bridgehead atoms. The molecule has 1 aliphatic carbocycles. The normalized spacial score (nSPS) is 15.9. The molecule has 8 nitrogen and oxygen atoms in total. The molecule has 3 heterocycles. The predicted octanol–water partition coefficient (Wildman–Crippen LogP) is 6.34. The largest absolute Gasteiger partial charge is 0.417 e. The molecular formula is C28H30ClF3N6O2. The summed E-state index contributed by atoms with van der Waals surface area (Å²) in [7, 11) is 1.86. The molecule has 0 saturated carbocycles. The molecule has 4 rings (SSSR count). The number of nitrogens with one attached hydrogen (secondary N) is 1. The van der Waals surface area contributed by atoms with Gasteiger partial charge >= 0.3 is 6.18 Å². The lowest BCUT2D eigenvalue weighted by molar-refractivity contribution is -0.140. The van der Waals surface area contributed by atoms with Crippen LogP contribution in [0.2, 0.25) is 5.15 Å². The number of carbonyl (C=O) groups is 2. The Kier molecular flexibility index (Phi) is 8.07. The van der Waals surface area contributed by atoms with E-state index in [2.05, 4.69) is 26.5 Å². The van der Waals surface area contributed by atoms with E-state index in [-0.39, 0.29) is 28.5 Å². The summed E-state index contributed by atoms with van der Waals surface area (Å²) < 4.78 is 39.5. The van der Waals surface area contributed by atoms with Crippen molar-refractivity contribution in [2.24, 2.45) is 5.41 Å². The summed E-state index contributed by atoms with van der Waals surface area (Å²) in [6, 6.07) is 3.93. The molecule has 3 aromatic heterocycles. The Morgan fingerprint density at radius 1 is 1.12 bits per heavy atom. The second-order valence-corrected chi connectivity index (χ2v) is 11.2. The van der Waals surface area contributed by atoms with Gasteiger partial charge in [0.2, 0.25) is 5.91 Å². The quantitative estimate of drug-likeness (QED) is 0.384. The maximum absolute atomic E-state index is 12.9. The van der Waals surface area contributed by atoms with Gasteiger partial charge in [0.05, 0.1) is 34.9 Å². The average Bonchev–Trinajstić information content (AvgIpc) is 3.28. The van der Waals surface area contributed by atoms with Crippen LogP contribution >= 0.6 is 11.6 Å². The van der Waals surface area contributed by atoms with Gasteiger partial charge in [0.15, 0.2) is 5.82 Å². The van der Waals surface area contributed by atoms with E-state index in [0.29, 0.717) is 11.9 Å². The van der Waals surface area contributed by atoms with Crippen molar-refractivity contribution < 1.29 is 22.8 Å². The van der Waals surface area contributed by atoms with Crippen LogP contribution in [0.5, 0.6) is 0 Å². The monoisotopic (exact) mass is 574 g/mol. The standard InChI is InChI=1S/C28H30ClF3N6O2/c1-16-12-19(14-34-23(16)17-6-9-20(10-7-17)37(5)26(40)27(2,3)4)36-25(39)21-15-35-38(24(21)29)22-11-8-18(13-33-22)28(30,31)32/h6,8,11-15,20H,7,9-10H2,1-5H3,(H,36,39). The Morgan fingerprint density at radius 3 is 2.40 bits per heavy atom. The summed E-state index contributed by atoms with van der Waals surface area (Å²) in [4.78, 5) is 35.7. The van der Waals surface area contributed by atoms with Crippen molar-refractivity contribution in [1.29, 1.82) is 0 Å². The van der Waals surface area contributed by atoms with E-state index >= 15 is 0 Å². The number of hydrogen-bond donors (Lipinski definition) is 1. The number of carbonyl (C=O) groups excluding carboxylic acids is 2. The van der Waals surface area contributed by atoms with Crippen molar-refractivity contribution in [3.05, 3.63) is 70.4 Å². The number of allylic oxidation sites excluding steroid dienone is 1. The fourth-order valence-corrected chi connectivity index (χ4v) is 4.85. The minimum Gasteiger partial charge on any atom is -0.342 e. The summed E-state index contributed by atoms with van der Waals surface area (Å²) in [5, 5.41) is 6.65. The molecule has 1 N–H and O–H groups in total. The number of aromatic nitrogens is 4. The van der Waals surface area contributed by atoms with Crippen LogP contribution in [0.1, 0.15) is 67.2 Å². The number of halogens is 4. The second kappa shape index (κ2) is 11.0. The van der Waals surface area contributed by atoms with Gasteiger partial charge in [0.1, 0.15) is 5.15 Å². The van der Waals surface area contributed by atoms with Crippen LogP contribution in [-0.4, -0.2) is 49.6 Å². The molecule has 3 aromatic rings. The van der Waals surface area contributed by atoms with Crippen molar-refractivity contribution in [1.82, 2.24) is 24.6 Å². The predicted molar refractivity (Wildman–Crippen MR) is 146 cm³/mol. The number of alkyl halides is 3. The van der Waals surface area contributed by atoms with Crippen LogP contribution in [0.3, 0.4) is 0 Å². The summed E-state index contributed by atoms with van der Waals surface area (Å²) in [6.07, 6.45) is 3.40. The maximum atomic E-state index is 12.9. The molecule has 2 amide bonds. The van der Waals surface area contributed by atoms with Crippen LogP contribution in [0, 0.1) is 12.3 Å². The van der Waals surface area contributed by atoms with Crippen LogP contribution in [0.4, 0.5) is 18.9 Å². The van der Waals surface area contributed by atoms with Crippen molar-refractivity contribution in [3.63, 3.8) is 0 Å². The molecule has 0 fully saturated rings. The molecule has 0 saturated heterocycles. The lowest BCUT2D eigenvalue weighted by Gasteiger charge is -2.35. The minimum absolute atomic E-state index is 0.0278. The highest BCUT2D eigenvalue weighted by Crippen LogP contribution is 2.32. The molecule has 1 atom stereocenters. The molecule has 0 radical (unpaired) electrons. The van der Waals surface area contributed by atoms with Crippen molar-refractivity contribution >= 4 is 34.7 Å². The molecular weight excluding hydrogens is 545 g/mol. The van der Waals surface area contributed by atoms with E-state index in [1.54, 1.807) is 12.3 Å². The second-order valence-electron chi connectivity index (χ2n) is 10.8. The van der Waals surface area contributed by atoms with Gasteiger partial charge in [-0.2, -0.15) is 18.3 Å². The number of pyridine rings is 2. The molecule has 212 valence electrons. The van der Waals surface area contributed by atoms with E-state index in [4.69, 9.17) is 11.6 Å². The summed E-state index contributed by atoms with van der Waals surface area (Å²) in [6.45, 7) is 7.65. The van der Waals surface area contributed by atoms with Gasteiger partial charge in [-0.3, -0.25) is 14.6 Å². The smallest absolute Gasteiger partial charge is 0.342 e. The maximum Gasteiger partial charge on any atom is 0.417 e. The van der Waals surface area contributed by atoms with E-state index < -0.39 is 23.1 Å². The first kappa shape index (κ1) is 29.3. The first-order valence-corrected chi connectivity index (χ1v) is 13.1. The number of anilines is 1. The molecule has 1 aliphatic rings. The van der Waals surface area contributed by atoms with Gasteiger partial charge < -0.3 is 10.2 Å². The van der Waals surface area contributed by atoms with Gasteiger partial charge in [0.25, 0.3) is 5.91 Å². The molecule has 12 heteroatoms. The number of nitrogens with zero attached hydrogens (tertiary/aromatic N) is 5. The first-order chi connectivity index (χ1) is 18.7. The number of aryl methyl sites for hydroxylation is 1. The zero-order valence-electron chi connectivity index (χ0n) is 22.8. The van der Waals surface area contributed by atoms with Crippen molar-refractivity contribution in [3.8, 4) is 5.82 Å². The highest BCUT2D eigenvalue weighted by molar-refractivity contribution is 6.33. The first-order valence-electron chi connectivity index (χ1n) is 12.7. The summed E-state index contributed by atoms with van der Waals surface area (Å²) in [5.74, 6) is -0.399. The van der Waals surface area contributed by atoms with E-state index in [1.165, 1.54) is 6.20 Å². The number of rotatable bonds is 5. The third-order valence-corrected chi connectivity index (χ3v) is 7.14. The van der Waals surface area contributed by atoms with Gasteiger partial charge in [-0.15, -0.1) is 0 Å². The topological polar surface area (TPSA) is 93.0 Å². The molecule has 0 spiro atoms. The SMILES string of the molecule is Cc1cc(NC(=O)c2cnn(-c3ccc(C(F)(F)F)cn3)c2Cl)cnc1C1=CCC(N(C)C(=O)C(C)(C)C)CC1. The zero-order chi connectivity index (χ0) is 29.4. The fourth-order valence-electron chi connectivity index (χ4n) is 4.58. The van der Waals surface area contributed by atoms with E-state index in [1.807, 2.05) is 39.6 Å². The van der Waals surface area contributed by atoms with Crippen LogP contribution in [0.15, 0.2) is 42.9 Å². The molecule has 1 unspecified atom stereocenters. The number of amides is 2. The van der Waals surface area contributed by atoms with Gasteiger partial charge in [-0.1, -0.05) is 38.4 Å². The third-order valence-electron chi connectivity index (χ3n) is 6.78. The molecule has 0 aromatic carbocycles. The Morgan fingerprint density at radius 2 is 1.85 bits per heavy atom. The highest BCUT2D eigenvalue weighted by atomic mass is 35.5. The van der Waals surface area contributed by atoms with Crippen LogP contribution < -0.4 is 5.32 Å². The van der Waals surface area contributed by atoms with Gasteiger partial charge in [-0.25, -0.2) is 9.67 Å². The fraction of sp³-hybridized carbons (Fsp3) is 0.393. The van der Waals surface area contributed by atoms with Crippen molar-refractivity contribution in [2.45, 2.75) is 59.2 Å². The highest BCUT2D eigenvalue weighted by Gasteiger charge is 2.32. The van der Waals surface area contributed by atoms with Crippen molar-refractivity contribution in [2.75, 3.05) is 12.4 Å². The Bertz CT molecular complexity index is 1460. The molecule has 40 heavy (non-hydrogen) atoms. The summed E-state index contributed by atoms with van der Waals surface area (Å²) in [5.41, 5.74) is 1.94.